The predicted molar refractivity (Wildman–Crippen MR) is 53.1 cm³/mol. The quantitative estimate of drug-likeness (QED) is 0.716. The summed E-state index contributed by atoms with van der Waals surface area (Å²) in [4.78, 5) is 14.5. The van der Waals surface area contributed by atoms with Gasteiger partial charge < -0.3 is 4.74 Å². The van der Waals surface area contributed by atoms with Crippen molar-refractivity contribution < 1.29 is 9.53 Å². The SMILES string of the molecule is COc1cccc2ccc([C]=O)nc12. The molecule has 2 rings (SSSR count). The first-order valence-electron chi connectivity index (χ1n) is 4.17. The fraction of sp³-hybridized carbons (Fsp3) is 0.0909. The average Bonchev–Trinajstić information content (AvgIpc) is 2.27. The van der Waals surface area contributed by atoms with Gasteiger partial charge in [0.25, 0.3) is 6.29 Å². The molecule has 2 aromatic rings. The molecule has 0 saturated heterocycles. The number of fused-ring (bicyclic) bond motifs is 1. The van der Waals surface area contributed by atoms with Crippen LogP contribution in [0.5, 0.6) is 5.75 Å². The van der Waals surface area contributed by atoms with Crippen molar-refractivity contribution in [3.05, 3.63) is 36.0 Å². The van der Waals surface area contributed by atoms with Gasteiger partial charge in [0, 0.05) is 5.39 Å². The molecule has 0 spiro atoms. The van der Waals surface area contributed by atoms with Gasteiger partial charge in [-0.25, -0.2) is 4.98 Å². The summed E-state index contributed by atoms with van der Waals surface area (Å²) >= 11 is 0. The molecular weight excluding hydrogens is 178 g/mol. The fourth-order valence-electron chi connectivity index (χ4n) is 1.34. The van der Waals surface area contributed by atoms with E-state index in [0.29, 0.717) is 17.0 Å². The van der Waals surface area contributed by atoms with Gasteiger partial charge in [-0.05, 0) is 12.1 Å². The van der Waals surface area contributed by atoms with Crippen LogP contribution in [0.2, 0.25) is 0 Å². The molecule has 0 fully saturated rings. The molecule has 14 heavy (non-hydrogen) atoms. The third-order valence-corrected chi connectivity index (χ3v) is 2.01. The Morgan fingerprint density at radius 1 is 1.29 bits per heavy atom. The highest BCUT2D eigenvalue weighted by Gasteiger charge is 2.03. The zero-order chi connectivity index (χ0) is 9.97. The van der Waals surface area contributed by atoms with Gasteiger partial charge in [0.05, 0.1) is 7.11 Å². The summed E-state index contributed by atoms with van der Waals surface area (Å²) in [6.45, 7) is 0. The molecule has 1 heterocycles. The summed E-state index contributed by atoms with van der Waals surface area (Å²) in [5, 5.41) is 0.948. The van der Waals surface area contributed by atoms with Gasteiger partial charge in [0.15, 0.2) is 0 Å². The van der Waals surface area contributed by atoms with Crippen LogP contribution < -0.4 is 4.74 Å². The van der Waals surface area contributed by atoms with Crippen LogP contribution in [-0.4, -0.2) is 18.4 Å². The minimum Gasteiger partial charge on any atom is -0.494 e. The minimum absolute atomic E-state index is 0.294. The Kier molecular flexibility index (Phi) is 2.14. The smallest absolute Gasteiger partial charge is 0.253 e. The van der Waals surface area contributed by atoms with E-state index in [0.717, 1.165) is 5.39 Å². The van der Waals surface area contributed by atoms with E-state index in [-0.39, 0.29) is 0 Å². The second kappa shape index (κ2) is 3.46. The van der Waals surface area contributed by atoms with Crippen molar-refractivity contribution in [2.24, 2.45) is 0 Å². The molecule has 0 atom stereocenters. The van der Waals surface area contributed by atoms with Crippen molar-refractivity contribution in [3.8, 4) is 5.75 Å². The van der Waals surface area contributed by atoms with Crippen LogP contribution in [0.15, 0.2) is 30.3 Å². The Morgan fingerprint density at radius 2 is 2.14 bits per heavy atom. The lowest BCUT2D eigenvalue weighted by molar-refractivity contribution is 0.419. The van der Waals surface area contributed by atoms with Gasteiger partial charge >= 0.3 is 0 Å². The number of ether oxygens (including phenoxy) is 1. The van der Waals surface area contributed by atoms with Gasteiger partial charge in [-0.2, -0.15) is 0 Å². The van der Waals surface area contributed by atoms with E-state index in [1.54, 1.807) is 19.5 Å². The number of carbonyl (C=O) groups excluding carboxylic acids is 1. The lowest BCUT2D eigenvalue weighted by Gasteiger charge is -2.03. The zero-order valence-electron chi connectivity index (χ0n) is 7.65. The summed E-state index contributed by atoms with van der Waals surface area (Å²) in [5.41, 5.74) is 0.984. The predicted octanol–water partition coefficient (Wildman–Crippen LogP) is 1.70. The Morgan fingerprint density at radius 3 is 2.86 bits per heavy atom. The number of nitrogens with zero attached hydrogens (tertiary/aromatic N) is 1. The number of pyridine rings is 1. The standard InChI is InChI=1S/C11H8NO2/c1-14-10-4-2-3-8-5-6-9(7-13)12-11(8)10/h2-6H,1H3. The monoisotopic (exact) mass is 186 g/mol. The molecule has 0 aliphatic rings. The second-order valence-electron chi connectivity index (χ2n) is 2.83. The zero-order valence-corrected chi connectivity index (χ0v) is 7.65. The van der Waals surface area contributed by atoms with Crippen molar-refractivity contribution in [2.45, 2.75) is 0 Å². The van der Waals surface area contributed by atoms with E-state index >= 15 is 0 Å². The first-order chi connectivity index (χ1) is 6.85. The highest BCUT2D eigenvalue weighted by atomic mass is 16.5. The first kappa shape index (κ1) is 8.69. The van der Waals surface area contributed by atoms with E-state index < -0.39 is 0 Å². The van der Waals surface area contributed by atoms with E-state index in [1.807, 2.05) is 24.3 Å². The Bertz CT molecular complexity index is 480. The van der Waals surface area contributed by atoms with Crippen LogP contribution in [0.1, 0.15) is 5.69 Å². The van der Waals surface area contributed by atoms with Gasteiger partial charge in [0.2, 0.25) is 0 Å². The van der Waals surface area contributed by atoms with Gasteiger partial charge in [0.1, 0.15) is 17.0 Å². The highest BCUT2D eigenvalue weighted by molar-refractivity contribution is 5.87. The summed E-state index contributed by atoms with van der Waals surface area (Å²) in [6.07, 6.45) is 1.75. The Balaban J connectivity index is 2.76. The summed E-state index contributed by atoms with van der Waals surface area (Å²) in [6, 6.07) is 9.07. The molecular formula is C11H8NO2. The van der Waals surface area contributed by atoms with Crippen molar-refractivity contribution in [2.75, 3.05) is 7.11 Å². The van der Waals surface area contributed by atoms with Crippen LogP contribution in [0.25, 0.3) is 10.9 Å². The molecule has 0 bridgehead atoms. The topological polar surface area (TPSA) is 39.2 Å². The molecule has 0 N–H and O–H groups in total. The van der Waals surface area contributed by atoms with Gasteiger partial charge in [-0.3, -0.25) is 4.79 Å². The molecule has 0 amide bonds. The largest absolute Gasteiger partial charge is 0.494 e. The van der Waals surface area contributed by atoms with E-state index in [9.17, 15) is 4.79 Å². The molecule has 1 aromatic heterocycles. The van der Waals surface area contributed by atoms with Crippen LogP contribution >= 0.6 is 0 Å². The molecule has 69 valence electrons. The maximum Gasteiger partial charge on any atom is 0.253 e. The summed E-state index contributed by atoms with van der Waals surface area (Å²) in [5.74, 6) is 0.666. The summed E-state index contributed by atoms with van der Waals surface area (Å²) < 4.78 is 5.13. The molecule has 1 aromatic carbocycles. The van der Waals surface area contributed by atoms with Crippen molar-refractivity contribution in [3.63, 3.8) is 0 Å². The molecule has 0 aliphatic heterocycles. The number of hydrogen-bond acceptors (Lipinski definition) is 3. The molecule has 0 unspecified atom stereocenters. The number of aromatic nitrogens is 1. The van der Waals surface area contributed by atoms with Crippen molar-refractivity contribution in [1.29, 1.82) is 0 Å². The number of para-hydroxylation sites is 1. The lowest BCUT2D eigenvalue weighted by atomic mass is 10.2. The number of hydrogen-bond donors (Lipinski definition) is 0. The molecule has 3 heteroatoms. The fourth-order valence-corrected chi connectivity index (χ4v) is 1.34. The third-order valence-electron chi connectivity index (χ3n) is 2.01. The van der Waals surface area contributed by atoms with Crippen LogP contribution in [-0.2, 0) is 4.79 Å². The molecule has 1 radical (unpaired) electrons. The van der Waals surface area contributed by atoms with Crippen molar-refractivity contribution in [1.82, 2.24) is 4.98 Å². The number of rotatable bonds is 2. The van der Waals surface area contributed by atoms with Gasteiger partial charge in [-0.15, -0.1) is 0 Å². The Labute approximate surface area is 81.3 Å². The minimum atomic E-state index is 0.294. The van der Waals surface area contributed by atoms with Gasteiger partial charge in [-0.1, -0.05) is 18.2 Å². The maximum absolute atomic E-state index is 10.4. The van der Waals surface area contributed by atoms with Crippen LogP contribution in [0, 0.1) is 0 Å². The van der Waals surface area contributed by atoms with E-state index in [2.05, 4.69) is 4.98 Å². The number of methoxy groups -OCH3 is 1. The second-order valence-corrected chi connectivity index (χ2v) is 2.83. The summed E-state index contributed by atoms with van der Waals surface area (Å²) in [7, 11) is 1.58. The average molecular weight is 186 g/mol. The normalized spacial score (nSPS) is 10.1. The number of benzene rings is 1. The van der Waals surface area contributed by atoms with E-state index in [1.165, 1.54) is 0 Å². The third kappa shape index (κ3) is 1.33. The maximum atomic E-state index is 10.4. The van der Waals surface area contributed by atoms with Crippen LogP contribution in [0.4, 0.5) is 0 Å². The lowest BCUT2D eigenvalue weighted by Crippen LogP contribution is -1.91. The molecule has 3 nitrogen and oxygen atoms in total. The Hall–Kier alpha value is -1.90. The molecule has 0 aliphatic carbocycles. The first-order valence-corrected chi connectivity index (χ1v) is 4.17. The highest BCUT2D eigenvalue weighted by Crippen LogP contribution is 2.22. The van der Waals surface area contributed by atoms with E-state index in [4.69, 9.17) is 4.74 Å². The molecule has 0 saturated carbocycles. The van der Waals surface area contributed by atoms with Crippen molar-refractivity contribution >= 4 is 17.2 Å². The van der Waals surface area contributed by atoms with Crippen LogP contribution in [0.3, 0.4) is 0 Å².